The molecule has 0 atom stereocenters. The normalized spacial score (nSPS) is 11.2. The number of rotatable bonds is 2. The highest BCUT2D eigenvalue weighted by Crippen LogP contribution is 2.21. The van der Waals surface area contributed by atoms with Crippen LogP contribution in [0.4, 0.5) is 5.69 Å². The van der Waals surface area contributed by atoms with Gasteiger partial charge in [0.1, 0.15) is 0 Å². The van der Waals surface area contributed by atoms with Crippen LogP contribution in [0.15, 0.2) is 42.6 Å². The molecule has 0 aliphatic carbocycles. The van der Waals surface area contributed by atoms with Crippen molar-refractivity contribution in [3.8, 4) is 0 Å². The van der Waals surface area contributed by atoms with Gasteiger partial charge in [-0.15, -0.1) is 0 Å². The SMILES string of the molecule is Cc1cccc(NC(=O)c2ccnc(C(C)(C)C)c2)c1. The van der Waals surface area contributed by atoms with Gasteiger partial charge in [0.05, 0.1) is 0 Å². The highest BCUT2D eigenvalue weighted by atomic mass is 16.1. The lowest BCUT2D eigenvalue weighted by Crippen LogP contribution is -2.17. The second-order valence-electron chi connectivity index (χ2n) is 6.00. The molecule has 0 bridgehead atoms. The summed E-state index contributed by atoms with van der Waals surface area (Å²) in [6.45, 7) is 8.24. The number of aromatic nitrogens is 1. The first kappa shape index (κ1) is 14.3. The van der Waals surface area contributed by atoms with Crippen molar-refractivity contribution in [2.24, 2.45) is 0 Å². The molecule has 2 aromatic rings. The number of nitrogens with zero attached hydrogens (tertiary/aromatic N) is 1. The summed E-state index contributed by atoms with van der Waals surface area (Å²) in [5, 5.41) is 2.91. The van der Waals surface area contributed by atoms with Crippen LogP contribution in [0, 0.1) is 6.92 Å². The van der Waals surface area contributed by atoms with Crippen LogP contribution in [0.2, 0.25) is 0 Å². The first-order chi connectivity index (χ1) is 9.36. The Hall–Kier alpha value is -2.16. The van der Waals surface area contributed by atoms with E-state index in [0.717, 1.165) is 16.9 Å². The minimum atomic E-state index is -0.108. The van der Waals surface area contributed by atoms with Crippen LogP contribution in [0.25, 0.3) is 0 Å². The summed E-state index contributed by atoms with van der Waals surface area (Å²) in [6, 6.07) is 11.4. The molecule has 20 heavy (non-hydrogen) atoms. The highest BCUT2D eigenvalue weighted by molar-refractivity contribution is 6.04. The van der Waals surface area contributed by atoms with Gasteiger partial charge in [-0.25, -0.2) is 0 Å². The zero-order chi connectivity index (χ0) is 14.8. The van der Waals surface area contributed by atoms with E-state index in [1.165, 1.54) is 0 Å². The molecule has 1 aromatic heterocycles. The molecule has 3 heteroatoms. The van der Waals surface area contributed by atoms with Gasteiger partial charge in [-0.1, -0.05) is 32.9 Å². The third kappa shape index (κ3) is 3.44. The van der Waals surface area contributed by atoms with Crippen molar-refractivity contribution in [1.82, 2.24) is 4.98 Å². The Morgan fingerprint density at radius 2 is 1.90 bits per heavy atom. The molecular weight excluding hydrogens is 248 g/mol. The van der Waals surface area contributed by atoms with E-state index in [2.05, 4.69) is 31.1 Å². The Kier molecular flexibility index (Phi) is 3.89. The van der Waals surface area contributed by atoms with Crippen LogP contribution in [0.3, 0.4) is 0 Å². The quantitative estimate of drug-likeness (QED) is 0.896. The zero-order valence-corrected chi connectivity index (χ0v) is 12.4. The summed E-state index contributed by atoms with van der Waals surface area (Å²) in [4.78, 5) is 16.6. The van der Waals surface area contributed by atoms with E-state index in [1.54, 1.807) is 12.3 Å². The van der Waals surface area contributed by atoms with E-state index in [0.29, 0.717) is 5.56 Å². The molecule has 0 aliphatic heterocycles. The number of hydrogen-bond donors (Lipinski definition) is 1. The van der Waals surface area contributed by atoms with Gasteiger partial charge in [0, 0.05) is 28.6 Å². The van der Waals surface area contributed by atoms with Crippen LogP contribution in [-0.4, -0.2) is 10.9 Å². The molecule has 3 nitrogen and oxygen atoms in total. The molecule has 0 aliphatic rings. The number of nitrogens with one attached hydrogen (secondary N) is 1. The predicted octanol–water partition coefficient (Wildman–Crippen LogP) is 3.94. The molecule has 2 rings (SSSR count). The van der Waals surface area contributed by atoms with Crippen molar-refractivity contribution in [3.63, 3.8) is 0 Å². The van der Waals surface area contributed by atoms with Gasteiger partial charge in [-0.3, -0.25) is 9.78 Å². The number of hydrogen-bond acceptors (Lipinski definition) is 2. The standard InChI is InChI=1S/C17H20N2O/c1-12-6-5-7-14(10-12)19-16(20)13-8-9-18-15(11-13)17(2,3)4/h5-11H,1-4H3,(H,19,20). The Labute approximate surface area is 120 Å². The van der Waals surface area contributed by atoms with Crippen LogP contribution in [0.5, 0.6) is 0 Å². The summed E-state index contributed by atoms with van der Waals surface area (Å²) in [5.41, 5.74) is 3.40. The lowest BCUT2D eigenvalue weighted by atomic mass is 9.91. The van der Waals surface area contributed by atoms with E-state index in [1.807, 2.05) is 37.3 Å². The summed E-state index contributed by atoms with van der Waals surface area (Å²) in [6.07, 6.45) is 1.69. The number of carbonyl (C=O) groups excluding carboxylic acids is 1. The molecule has 0 radical (unpaired) electrons. The Morgan fingerprint density at radius 1 is 1.15 bits per heavy atom. The maximum absolute atomic E-state index is 12.3. The van der Waals surface area contributed by atoms with Gasteiger partial charge in [0.15, 0.2) is 0 Å². The number of benzene rings is 1. The van der Waals surface area contributed by atoms with Gasteiger partial charge in [0.25, 0.3) is 5.91 Å². The third-order valence-corrected chi connectivity index (χ3v) is 3.07. The fourth-order valence-corrected chi connectivity index (χ4v) is 1.91. The first-order valence-corrected chi connectivity index (χ1v) is 6.71. The van der Waals surface area contributed by atoms with Crippen LogP contribution in [0.1, 0.15) is 42.4 Å². The fraction of sp³-hybridized carbons (Fsp3) is 0.294. The van der Waals surface area contributed by atoms with E-state index in [9.17, 15) is 4.79 Å². The monoisotopic (exact) mass is 268 g/mol. The van der Waals surface area contributed by atoms with Gasteiger partial charge in [-0.2, -0.15) is 0 Å². The molecule has 1 amide bonds. The summed E-state index contributed by atoms with van der Waals surface area (Å²) >= 11 is 0. The van der Waals surface area contributed by atoms with E-state index < -0.39 is 0 Å². The smallest absolute Gasteiger partial charge is 0.255 e. The topological polar surface area (TPSA) is 42.0 Å². The van der Waals surface area contributed by atoms with Gasteiger partial charge in [-0.05, 0) is 36.8 Å². The molecule has 104 valence electrons. The van der Waals surface area contributed by atoms with E-state index >= 15 is 0 Å². The summed E-state index contributed by atoms with van der Waals surface area (Å²) < 4.78 is 0. The number of pyridine rings is 1. The van der Waals surface area contributed by atoms with Gasteiger partial charge >= 0.3 is 0 Å². The third-order valence-electron chi connectivity index (χ3n) is 3.07. The van der Waals surface area contributed by atoms with Crippen LogP contribution in [-0.2, 0) is 5.41 Å². The van der Waals surface area contributed by atoms with E-state index in [-0.39, 0.29) is 11.3 Å². The van der Waals surface area contributed by atoms with Crippen molar-refractivity contribution < 1.29 is 4.79 Å². The van der Waals surface area contributed by atoms with Crippen molar-refractivity contribution in [2.45, 2.75) is 33.1 Å². The number of anilines is 1. The second kappa shape index (κ2) is 5.45. The Bertz CT molecular complexity index is 627. The molecule has 0 spiro atoms. The molecule has 1 N–H and O–H groups in total. The molecule has 1 heterocycles. The predicted molar refractivity (Wildman–Crippen MR) is 82.1 cm³/mol. The lowest BCUT2D eigenvalue weighted by molar-refractivity contribution is 0.102. The summed E-state index contributed by atoms with van der Waals surface area (Å²) in [5.74, 6) is -0.108. The number of amides is 1. The zero-order valence-electron chi connectivity index (χ0n) is 12.4. The minimum absolute atomic E-state index is 0.0698. The van der Waals surface area contributed by atoms with Gasteiger partial charge < -0.3 is 5.32 Å². The fourth-order valence-electron chi connectivity index (χ4n) is 1.91. The molecule has 1 aromatic carbocycles. The van der Waals surface area contributed by atoms with E-state index in [4.69, 9.17) is 0 Å². The Morgan fingerprint density at radius 3 is 2.55 bits per heavy atom. The van der Waals surface area contributed by atoms with Gasteiger partial charge in [0.2, 0.25) is 0 Å². The average Bonchev–Trinajstić information content (AvgIpc) is 2.38. The lowest BCUT2D eigenvalue weighted by Gasteiger charge is -2.18. The minimum Gasteiger partial charge on any atom is -0.322 e. The van der Waals surface area contributed by atoms with Crippen molar-refractivity contribution >= 4 is 11.6 Å². The maximum Gasteiger partial charge on any atom is 0.255 e. The Balaban J connectivity index is 2.22. The van der Waals surface area contributed by atoms with Crippen LogP contribution >= 0.6 is 0 Å². The summed E-state index contributed by atoms with van der Waals surface area (Å²) in [7, 11) is 0. The average molecular weight is 268 g/mol. The van der Waals surface area contributed by atoms with Crippen LogP contribution < -0.4 is 5.32 Å². The molecule has 0 unspecified atom stereocenters. The van der Waals surface area contributed by atoms with Crippen molar-refractivity contribution in [3.05, 3.63) is 59.4 Å². The van der Waals surface area contributed by atoms with Crippen molar-refractivity contribution in [1.29, 1.82) is 0 Å². The molecule has 0 saturated carbocycles. The maximum atomic E-state index is 12.3. The second-order valence-corrected chi connectivity index (χ2v) is 6.00. The largest absolute Gasteiger partial charge is 0.322 e. The number of carbonyl (C=O) groups is 1. The molecule has 0 fully saturated rings. The first-order valence-electron chi connectivity index (χ1n) is 6.71. The van der Waals surface area contributed by atoms with Crippen molar-refractivity contribution in [2.75, 3.05) is 5.32 Å². The number of aryl methyl sites for hydroxylation is 1. The molecule has 0 saturated heterocycles. The molecular formula is C17H20N2O. The highest BCUT2D eigenvalue weighted by Gasteiger charge is 2.17.